The number of nitrogens with one attached hydrogen (secondary N) is 1. The molecule has 23 heavy (non-hydrogen) atoms. The molecule has 0 amide bonds. The van der Waals surface area contributed by atoms with Gasteiger partial charge in [-0.25, -0.2) is 4.98 Å². The minimum Gasteiger partial charge on any atom is -0.342 e. The van der Waals surface area contributed by atoms with Crippen LogP contribution in [-0.4, -0.2) is 9.97 Å². The van der Waals surface area contributed by atoms with E-state index >= 15 is 0 Å². The van der Waals surface area contributed by atoms with Crippen LogP contribution < -0.4 is 0 Å². The van der Waals surface area contributed by atoms with Gasteiger partial charge in [0.05, 0.1) is 11.9 Å². The van der Waals surface area contributed by atoms with Gasteiger partial charge in [0.2, 0.25) is 0 Å². The fourth-order valence-corrected chi connectivity index (χ4v) is 2.86. The van der Waals surface area contributed by atoms with Crippen LogP contribution in [0.5, 0.6) is 0 Å². The van der Waals surface area contributed by atoms with Crippen molar-refractivity contribution in [2.75, 3.05) is 0 Å². The van der Waals surface area contributed by atoms with Crippen LogP contribution >= 0.6 is 11.6 Å². The molecule has 0 unspecified atom stereocenters. The van der Waals surface area contributed by atoms with Gasteiger partial charge in [-0.2, -0.15) is 0 Å². The molecule has 3 rings (SSSR count). The van der Waals surface area contributed by atoms with Crippen molar-refractivity contribution in [1.82, 2.24) is 9.97 Å². The molecular formula is C20H21ClN2. The quantitative estimate of drug-likeness (QED) is 0.622. The number of imidazole rings is 1. The molecule has 2 nitrogen and oxygen atoms in total. The average molecular weight is 325 g/mol. The third-order valence-electron chi connectivity index (χ3n) is 4.03. The molecule has 118 valence electrons. The Bertz CT molecular complexity index is 759. The Morgan fingerprint density at radius 1 is 1.04 bits per heavy atom. The molecule has 0 fully saturated rings. The smallest absolute Gasteiger partial charge is 0.110 e. The number of rotatable bonds is 6. The number of aryl methyl sites for hydroxylation is 1. The summed E-state index contributed by atoms with van der Waals surface area (Å²) in [6.45, 7) is 2.22. The number of nitrogens with zero attached hydrogens (tertiary/aromatic N) is 1. The molecule has 3 aromatic rings. The van der Waals surface area contributed by atoms with Gasteiger partial charge in [0, 0.05) is 11.4 Å². The number of aromatic amines is 1. The molecule has 2 aromatic carbocycles. The van der Waals surface area contributed by atoms with Gasteiger partial charge in [0.25, 0.3) is 0 Å². The van der Waals surface area contributed by atoms with E-state index in [-0.39, 0.29) is 0 Å². The fourth-order valence-electron chi connectivity index (χ4n) is 2.65. The molecule has 0 aliphatic rings. The first-order valence-corrected chi connectivity index (χ1v) is 8.50. The molecule has 0 bridgehead atoms. The number of H-pyrrole nitrogens is 1. The van der Waals surface area contributed by atoms with Crippen LogP contribution in [0.1, 0.15) is 36.7 Å². The number of hydrogen-bond donors (Lipinski definition) is 1. The van der Waals surface area contributed by atoms with E-state index in [0.717, 1.165) is 28.5 Å². The van der Waals surface area contributed by atoms with Crippen LogP contribution in [-0.2, 0) is 12.8 Å². The Kier molecular flexibility index (Phi) is 5.14. The van der Waals surface area contributed by atoms with E-state index in [1.165, 1.54) is 24.0 Å². The third-order valence-corrected chi connectivity index (χ3v) is 4.40. The summed E-state index contributed by atoms with van der Waals surface area (Å²) in [5, 5.41) is 0.783. The van der Waals surface area contributed by atoms with E-state index in [2.05, 4.69) is 41.2 Å². The van der Waals surface area contributed by atoms with Crippen LogP contribution in [0.25, 0.3) is 11.3 Å². The highest BCUT2D eigenvalue weighted by molar-refractivity contribution is 6.31. The van der Waals surface area contributed by atoms with Crippen LogP contribution in [0.4, 0.5) is 0 Å². The van der Waals surface area contributed by atoms with Gasteiger partial charge in [0.15, 0.2) is 0 Å². The normalized spacial score (nSPS) is 10.9. The summed E-state index contributed by atoms with van der Waals surface area (Å²) in [5.41, 5.74) is 4.70. The molecule has 0 aliphatic heterocycles. The molecule has 3 heteroatoms. The number of halogens is 1. The van der Waals surface area contributed by atoms with Gasteiger partial charge in [-0.3, -0.25) is 0 Å². The zero-order valence-corrected chi connectivity index (χ0v) is 14.1. The van der Waals surface area contributed by atoms with Gasteiger partial charge in [0.1, 0.15) is 5.82 Å². The lowest BCUT2D eigenvalue weighted by molar-refractivity contribution is 0.795. The second-order valence-corrected chi connectivity index (χ2v) is 6.22. The molecule has 0 saturated heterocycles. The lowest BCUT2D eigenvalue weighted by atomic mass is 10.1. The van der Waals surface area contributed by atoms with E-state index < -0.39 is 0 Å². The Morgan fingerprint density at radius 3 is 2.57 bits per heavy atom. The highest BCUT2D eigenvalue weighted by Gasteiger charge is 2.06. The Morgan fingerprint density at radius 2 is 1.83 bits per heavy atom. The summed E-state index contributed by atoms with van der Waals surface area (Å²) in [5.74, 6) is 0.933. The van der Waals surface area contributed by atoms with E-state index in [1.807, 2.05) is 30.5 Å². The van der Waals surface area contributed by atoms with Gasteiger partial charge < -0.3 is 4.98 Å². The van der Waals surface area contributed by atoms with Crippen LogP contribution in [0, 0.1) is 0 Å². The van der Waals surface area contributed by atoms with Gasteiger partial charge in [-0.15, -0.1) is 0 Å². The summed E-state index contributed by atoms with van der Waals surface area (Å²) in [6, 6.07) is 16.6. The molecule has 1 aromatic heterocycles. The standard InChI is InChI=1S/C20H21ClN2/c1-2-3-6-15-9-11-16(12-10-15)19-14-22-20(23-19)13-17-7-4-5-8-18(17)21/h4-5,7-12,14H,2-3,6,13H2,1H3,(H,22,23). The van der Waals surface area contributed by atoms with Crippen molar-refractivity contribution in [3.05, 3.63) is 76.7 Å². The van der Waals surface area contributed by atoms with Crippen molar-refractivity contribution in [2.24, 2.45) is 0 Å². The van der Waals surface area contributed by atoms with E-state index in [0.29, 0.717) is 6.42 Å². The fraction of sp³-hybridized carbons (Fsp3) is 0.250. The molecule has 1 N–H and O–H groups in total. The molecule has 0 radical (unpaired) electrons. The van der Waals surface area contributed by atoms with Gasteiger partial charge in [-0.1, -0.05) is 67.4 Å². The largest absolute Gasteiger partial charge is 0.342 e. The third kappa shape index (κ3) is 4.02. The molecular weight excluding hydrogens is 304 g/mol. The predicted molar refractivity (Wildman–Crippen MR) is 96.9 cm³/mol. The first-order valence-electron chi connectivity index (χ1n) is 8.13. The number of hydrogen-bond acceptors (Lipinski definition) is 1. The zero-order chi connectivity index (χ0) is 16.1. The summed E-state index contributed by atoms with van der Waals surface area (Å²) < 4.78 is 0. The van der Waals surface area contributed by atoms with Crippen molar-refractivity contribution in [2.45, 2.75) is 32.6 Å². The van der Waals surface area contributed by atoms with Crippen LogP contribution in [0.3, 0.4) is 0 Å². The van der Waals surface area contributed by atoms with Crippen LogP contribution in [0.15, 0.2) is 54.7 Å². The van der Waals surface area contributed by atoms with Crippen molar-refractivity contribution in [3.8, 4) is 11.3 Å². The van der Waals surface area contributed by atoms with E-state index in [4.69, 9.17) is 11.6 Å². The maximum Gasteiger partial charge on any atom is 0.110 e. The minimum atomic E-state index is 0.717. The lowest BCUT2D eigenvalue weighted by Crippen LogP contribution is -1.91. The molecule has 1 heterocycles. The molecule has 0 aliphatic carbocycles. The van der Waals surface area contributed by atoms with Crippen molar-refractivity contribution in [3.63, 3.8) is 0 Å². The lowest BCUT2D eigenvalue weighted by Gasteiger charge is -2.03. The highest BCUT2D eigenvalue weighted by Crippen LogP contribution is 2.21. The second kappa shape index (κ2) is 7.47. The Labute approximate surface area is 142 Å². The number of unbranched alkanes of at least 4 members (excludes halogenated alkanes) is 1. The second-order valence-electron chi connectivity index (χ2n) is 5.81. The summed E-state index contributed by atoms with van der Waals surface area (Å²) >= 11 is 6.22. The maximum atomic E-state index is 6.22. The van der Waals surface area contributed by atoms with Crippen molar-refractivity contribution in [1.29, 1.82) is 0 Å². The predicted octanol–water partition coefficient (Wildman–Crippen LogP) is 5.66. The summed E-state index contributed by atoms with van der Waals surface area (Å²) in [4.78, 5) is 7.88. The highest BCUT2D eigenvalue weighted by atomic mass is 35.5. The van der Waals surface area contributed by atoms with Crippen molar-refractivity contribution >= 4 is 11.6 Å². The topological polar surface area (TPSA) is 28.7 Å². The Hall–Kier alpha value is -2.06. The average Bonchev–Trinajstić information content (AvgIpc) is 3.04. The first kappa shape index (κ1) is 15.8. The number of aromatic nitrogens is 2. The monoisotopic (exact) mass is 324 g/mol. The molecule has 0 saturated carbocycles. The summed E-state index contributed by atoms with van der Waals surface area (Å²) in [7, 11) is 0. The van der Waals surface area contributed by atoms with Gasteiger partial charge in [-0.05, 0) is 35.6 Å². The molecule has 0 atom stereocenters. The summed E-state index contributed by atoms with van der Waals surface area (Å²) in [6.07, 6.45) is 6.23. The minimum absolute atomic E-state index is 0.717. The van der Waals surface area contributed by atoms with Crippen molar-refractivity contribution < 1.29 is 0 Å². The van der Waals surface area contributed by atoms with Gasteiger partial charge >= 0.3 is 0 Å². The SMILES string of the molecule is CCCCc1ccc(-c2cnc(Cc3ccccc3Cl)[nH]2)cc1. The van der Waals surface area contributed by atoms with Crippen LogP contribution in [0.2, 0.25) is 5.02 Å². The Balaban J connectivity index is 1.73. The first-order chi connectivity index (χ1) is 11.3. The molecule has 0 spiro atoms. The van der Waals surface area contributed by atoms with E-state index in [1.54, 1.807) is 0 Å². The zero-order valence-electron chi connectivity index (χ0n) is 13.3. The number of benzene rings is 2. The maximum absolute atomic E-state index is 6.22. The van der Waals surface area contributed by atoms with E-state index in [9.17, 15) is 0 Å².